The lowest BCUT2D eigenvalue weighted by molar-refractivity contribution is -0.0429. The Morgan fingerprint density at radius 2 is 2.04 bits per heavy atom. The minimum Gasteiger partial charge on any atom is -0.395 e. The zero-order chi connectivity index (χ0) is 18.0. The van der Waals surface area contributed by atoms with Crippen LogP contribution < -0.4 is 4.72 Å². The summed E-state index contributed by atoms with van der Waals surface area (Å²) in [7, 11) is -5.50. The topological polar surface area (TPSA) is 67.8 Å². The molecule has 0 amide bonds. The zero-order valence-corrected chi connectivity index (χ0v) is 14.2. The fourth-order valence-corrected chi connectivity index (χ4v) is 2.58. The molecular weight excluding hydrogens is 345 g/mol. The number of sulfonamides is 1. The van der Waals surface area contributed by atoms with Crippen LogP contribution in [0.2, 0.25) is 0 Å². The van der Waals surface area contributed by atoms with Crippen molar-refractivity contribution in [3.63, 3.8) is 0 Å². The van der Waals surface area contributed by atoms with E-state index in [1.165, 1.54) is 12.1 Å². The first kappa shape index (κ1) is 18.6. The summed E-state index contributed by atoms with van der Waals surface area (Å²) in [5.74, 6) is 0.479. The second-order valence-corrected chi connectivity index (χ2v) is 7.40. The van der Waals surface area contributed by atoms with Crippen LogP contribution >= 0.6 is 0 Å². The van der Waals surface area contributed by atoms with Crippen molar-refractivity contribution in [2.45, 2.75) is 38.6 Å². The first-order chi connectivity index (χ1) is 11.1. The standard InChI is InChI=1S/C15H19F3N2O3S/c1-3-13(19-23-9-11-5-6-11)12-8-10(2)4-7-14(12)20-24(21,22)15(16,17)18/h4,7-8,11,20H,3,5-6,9H2,1-2H3/b19-13+. The van der Waals surface area contributed by atoms with Crippen molar-refractivity contribution in [3.8, 4) is 0 Å². The summed E-state index contributed by atoms with van der Waals surface area (Å²) >= 11 is 0. The molecule has 1 aliphatic carbocycles. The molecule has 0 bridgehead atoms. The molecule has 0 aliphatic heterocycles. The molecule has 0 heterocycles. The Morgan fingerprint density at radius 3 is 2.58 bits per heavy atom. The number of hydrogen-bond acceptors (Lipinski definition) is 4. The van der Waals surface area contributed by atoms with Crippen LogP contribution in [0.1, 0.15) is 37.3 Å². The minimum absolute atomic E-state index is 0.173. The van der Waals surface area contributed by atoms with Gasteiger partial charge < -0.3 is 4.84 Å². The third-order valence-corrected chi connectivity index (χ3v) is 4.65. The van der Waals surface area contributed by atoms with Crippen LogP contribution in [-0.2, 0) is 14.9 Å². The van der Waals surface area contributed by atoms with Crippen LogP contribution in [-0.4, -0.2) is 26.2 Å². The highest BCUT2D eigenvalue weighted by Gasteiger charge is 2.46. The van der Waals surface area contributed by atoms with Gasteiger partial charge in [0.1, 0.15) is 6.61 Å². The molecule has 0 radical (unpaired) electrons. The van der Waals surface area contributed by atoms with Crippen LogP contribution in [0.5, 0.6) is 0 Å². The lowest BCUT2D eigenvalue weighted by Crippen LogP contribution is -2.30. The number of nitrogens with one attached hydrogen (secondary N) is 1. The summed E-state index contributed by atoms with van der Waals surface area (Å²) in [6, 6.07) is 4.40. The number of aryl methyl sites for hydroxylation is 1. The molecule has 1 N–H and O–H groups in total. The molecule has 0 aromatic heterocycles. The summed E-state index contributed by atoms with van der Waals surface area (Å²) < 4.78 is 62.2. The maximum atomic E-state index is 12.6. The highest BCUT2D eigenvalue weighted by Crippen LogP contribution is 2.30. The molecule has 2 rings (SSSR count). The molecule has 5 nitrogen and oxygen atoms in total. The Hall–Kier alpha value is -1.77. The lowest BCUT2D eigenvalue weighted by Gasteiger charge is -2.15. The molecule has 9 heteroatoms. The van der Waals surface area contributed by atoms with Crippen molar-refractivity contribution >= 4 is 21.4 Å². The van der Waals surface area contributed by atoms with Crippen molar-refractivity contribution in [1.29, 1.82) is 0 Å². The maximum absolute atomic E-state index is 12.6. The third kappa shape index (κ3) is 4.62. The fourth-order valence-electron chi connectivity index (χ4n) is 2.00. The maximum Gasteiger partial charge on any atom is 0.516 e. The van der Waals surface area contributed by atoms with Crippen molar-refractivity contribution in [1.82, 2.24) is 0 Å². The van der Waals surface area contributed by atoms with E-state index in [9.17, 15) is 21.6 Å². The zero-order valence-electron chi connectivity index (χ0n) is 13.4. The molecular formula is C15H19F3N2O3S. The number of alkyl halides is 3. The number of hydrogen-bond donors (Lipinski definition) is 1. The van der Waals surface area contributed by atoms with Crippen LogP contribution in [0.25, 0.3) is 0 Å². The van der Waals surface area contributed by atoms with Crippen LogP contribution in [0.3, 0.4) is 0 Å². The minimum atomic E-state index is -5.50. The van der Waals surface area contributed by atoms with E-state index >= 15 is 0 Å². The van der Waals surface area contributed by atoms with Crippen molar-refractivity contribution in [2.75, 3.05) is 11.3 Å². The summed E-state index contributed by atoms with van der Waals surface area (Å²) in [4.78, 5) is 5.25. The van der Waals surface area contributed by atoms with Gasteiger partial charge in [0, 0.05) is 5.56 Å². The molecule has 0 spiro atoms. The molecule has 1 aromatic rings. The van der Waals surface area contributed by atoms with Gasteiger partial charge in [-0.2, -0.15) is 21.6 Å². The van der Waals surface area contributed by atoms with Crippen molar-refractivity contribution in [3.05, 3.63) is 29.3 Å². The van der Waals surface area contributed by atoms with E-state index in [0.29, 0.717) is 24.7 Å². The molecule has 0 atom stereocenters. The van der Waals surface area contributed by atoms with Gasteiger partial charge in [-0.15, -0.1) is 0 Å². The highest BCUT2D eigenvalue weighted by molar-refractivity contribution is 7.93. The monoisotopic (exact) mass is 364 g/mol. The number of rotatable bonds is 7. The molecule has 1 aromatic carbocycles. The molecule has 1 saturated carbocycles. The molecule has 0 unspecified atom stereocenters. The van der Waals surface area contributed by atoms with Gasteiger partial charge in [-0.1, -0.05) is 23.7 Å². The van der Waals surface area contributed by atoms with Gasteiger partial charge >= 0.3 is 15.5 Å². The third-order valence-electron chi connectivity index (χ3n) is 3.55. The average Bonchev–Trinajstić information content (AvgIpc) is 3.28. The van der Waals surface area contributed by atoms with Crippen LogP contribution in [0.4, 0.5) is 18.9 Å². The smallest absolute Gasteiger partial charge is 0.395 e. The van der Waals surface area contributed by atoms with Gasteiger partial charge in [0.25, 0.3) is 0 Å². The summed E-state index contributed by atoms with van der Waals surface area (Å²) in [5, 5.41) is 3.99. The highest BCUT2D eigenvalue weighted by atomic mass is 32.2. The predicted molar refractivity (Wildman–Crippen MR) is 85.3 cm³/mol. The number of benzene rings is 1. The molecule has 1 fully saturated rings. The fraction of sp³-hybridized carbons (Fsp3) is 0.533. The van der Waals surface area contributed by atoms with Gasteiger partial charge in [0.2, 0.25) is 0 Å². The van der Waals surface area contributed by atoms with Crippen LogP contribution in [0, 0.1) is 12.8 Å². The Bertz CT molecular complexity index is 726. The van der Waals surface area contributed by atoms with Gasteiger partial charge in [-0.05, 0) is 44.2 Å². The van der Waals surface area contributed by atoms with E-state index in [4.69, 9.17) is 4.84 Å². The second-order valence-electron chi connectivity index (χ2n) is 5.73. The van der Waals surface area contributed by atoms with Gasteiger partial charge in [-0.25, -0.2) is 0 Å². The predicted octanol–water partition coefficient (Wildman–Crippen LogP) is 3.80. The van der Waals surface area contributed by atoms with E-state index < -0.39 is 15.5 Å². The van der Waals surface area contributed by atoms with Crippen molar-refractivity contribution in [2.24, 2.45) is 11.1 Å². The Morgan fingerprint density at radius 1 is 1.38 bits per heavy atom. The number of anilines is 1. The summed E-state index contributed by atoms with van der Waals surface area (Å²) in [6.45, 7) is 3.98. The Kier molecular flexibility index (Phi) is 5.42. The van der Waals surface area contributed by atoms with E-state index in [1.54, 1.807) is 24.6 Å². The Labute approximate surface area is 138 Å². The number of oxime groups is 1. The summed E-state index contributed by atoms with van der Waals surface area (Å²) in [6.07, 6.45) is 2.55. The van der Waals surface area contributed by atoms with E-state index in [-0.39, 0.29) is 11.3 Å². The Balaban J connectivity index is 2.31. The molecule has 1 aliphatic rings. The number of halogens is 3. The quantitative estimate of drug-likeness (QED) is 0.591. The van der Waals surface area contributed by atoms with Crippen molar-refractivity contribution < 1.29 is 26.4 Å². The first-order valence-electron chi connectivity index (χ1n) is 7.53. The molecule has 134 valence electrons. The average molecular weight is 364 g/mol. The van der Waals surface area contributed by atoms with Crippen LogP contribution in [0.15, 0.2) is 23.4 Å². The van der Waals surface area contributed by atoms with Gasteiger partial charge in [0.15, 0.2) is 0 Å². The van der Waals surface area contributed by atoms with E-state index in [1.807, 2.05) is 0 Å². The summed E-state index contributed by atoms with van der Waals surface area (Å²) in [5.41, 5.74) is -4.13. The SMILES string of the molecule is CC/C(=N\OCC1CC1)c1cc(C)ccc1NS(=O)(=O)C(F)(F)F. The molecule has 24 heavy (non-hydrogen) atoms. The second kappa shape index (κ2) is 7.00. The largest absolute Gasteiger partial charge is 0.516 e. The normalized spacial score (nSPS) is 16.1. The first-order valence-corrected chi connectivity index (χ1v) is 9.01. The van der Waals surface area contributed by atoms with E-state index in [2.05, 4.69) is 5.16 Å². The number of nitrogens with zero attached hydrogens (tertiary/aromatic N) is 1. The van der Waals surface area contributed by atoms with Gasteiger partial charge in [0.05, 0.1) is 11.4 Å². The van der Waals surface area contributed by atoms with Gasteiger partial charge in [-0.3, -0.25) is 4.72 Å². The lowest BCUT2D eigenvalue weighted by atomic mass is 10.0. The molecule has 0 saturated heterocycles. The van der Waals surface area contributed by atoms with E-state index in [0.717, 1.165) is 18.4 Å².